The minimum Gasteiger partial charge on any atom is -0.367 e. The van der Waals surface area contributed by atoms with Crippen LogP contribution in [0.2, 0.25) is 0 Å². The van der Waals surface area contributed by atoms with Crippen LogP contribution in [0, 0.1) is 0 Å². The fraction of sp³-hybridized carbons (Fsp3) is 0.357. The fourth-order valence-corrected chi connectivity index (χ4v) is 3.06. The summed E-state index contributed by atoms with van der Waals surface area (Å²) in [5.74, 6) is 0.439. The van der Waals surface area contributed by atoms with Gasteiger partial charge in [0.15, 0.2) is 0 Å². The molecule has 0 aliphatic heterocycles. The van der Waals surface area contributed by atoms with Gasteiger partial charge in [0.25, 0.3) is 5.91 Å². The molecule has 2 aromatic rings. The van der Waals surface area contributed by atoms with Crippen LogP contribution in [0.5, 0.6) is 0 Å². The zero-order chi connectivity index (χ0) is 17.6. The highest BCUT2D eigenvalue weighted by Crippen LogP contribution is 2.10. The number of nitrogens with one attached hydrogen (secondary N) is 3. The number of aromatic nitrogens is 3. The Hall–Kier alpha value is -2.46. The van der Waals surface area contributed by atoms with Crippen molar-refractivity contribution in [2.75, 3.05) is 18.8 Å². The molecule has 0 fully saturated rings. The molecule has 130 valence electrons. The Morgan fingerprint density at radius 2 is 1.96 bits per heavy atom. The van der Waals surface area contributed by atoms with Crippen LogP contribution in [0.1, 0.15) is 29.5 Å². The summed E-state index contributed by atoms with van der Waals surface area (Å²) >= 11 is 0. The molecule has 0 aliphatic rings. The molecular formula is C14H20N6O3S. The van der Waals surface area contributed by atoms with Gasteiger partial charge in [0.05, 0.1) is 4.90 Å². The first-order valence-corrected chi connectivity index (χ1v) is 8.95. The number of aromatic amines is 1. The standard InChI is InChI=1S/C14H20N6O3S/c1-2-8-17-24(22,23)11-5-3-10(4-6-11)13(21)16-9-7-12-18-14(15)20-19-12/h3-6,17H,2,7-9H2,1H3,(H,16,21)(H3,15,18,19,20). The maximum atomic E-state index is 12.0. The van der Waals surface area contributed by atoms with Gasteiger partial charge in [0, 0.05) is 25.1 Å². The summed E-state index contributed by atoms with van der Waals surface area (Å²) in [6, 6.07) is 5.76. The SMILES string of the molecule is CCCNS(=O)(=O)c1ccc(C(=O)NCCc2nc(N)n[nH]2)cc1. The number of carbonyl (C=O) groups excluding carboxylic acids is 1. The van der Waals surface area contributed by atoms with Crippen molar-refractivity contribution in [2.24, 2.45) is 0 Å². The molecule has 0 unspecified atom stereocenters. The third-order valence-corrected chi connectivity index (χ3v) is 4.64. The number of sulfonamides is 1. The minimum absolute atomic E-state index is 0.129. The molecule has 0 atom stereocenters. The predicted molar refractivity (Wildman–Crippen MR) is 88.8 cm³/mol. The first kappa shape index (κ1) is 17.9. The lowest BCUT2D eigenvalue weighted by molar-refractivity contribution is 0.0954. The van der Waals surface area contributed by atoms with Crippen molar-refractivity contribution in [3.8, 4) is 0 Å². The Morgan fingerprint density at radius 1 is 1.25 bits per heavy atom. The van der Waals surface area contributed by atoms with Crippen LogP contribution in [0.25, 0.3) is 0 Å². The molecule has 1 aromatic heterocycles. The van der Waals surface area contributed by atoms with E-state index < -0.39 is 10.0 Å². The van der Waals surface area contributed by atoms with Crippen molar-refractivity contribution >= 4 is 21.9 Å². The van der Waals surface area contributed by atoms with Crippen LogP contribution in [-0.4, -0.2) is 42.6 Å². The van der Waals surface area contributed by atoms with Gasteiger partial charge < -0.3 is 11.1 Å². The molecule has 0 radical (unpaired) electrons. The summed E-state index contributed by atoms with van der Waals surface area (Å²) in [4.78, 5) is 16.1. The number of hydrogen-bond donors (Lipinski definition) is 4. The third kappa shape index (κ3) is 4.77. The normalized spacial score (nSPS) is 11.4. The maximum Gasteiger partial charge on any atom is 0.251 e. The van der Waals surface area contributed by atoms with Gasteiger partial charge in [-0.1, -0.05) is 6.92 Å². The zero-order valence-corrected chi connectivity index (χ0v) is 14.1. The van der Waals surface area contributed by atoms with E-state index in [1.54, 1.807) is 0 Å². The van der Waals surface area contributed by atoms with E-state index in [9.17, 15) is 13.2 Å². The molecule has 5 N–H and O–H groups in total. The van der Waals surface area contributed by atoms with Gasteiger partial charge in [-0.25, -0.2) is 13.1 Å². The lowest BCUT2D eigenvalue weighted by Gasteiger charge is -2.07. The third-order valence-electron chi connectivity index (χ3n) is 3.17. The van der Waals surface area contributed by atoms with Crippen LogP contribution in [0.4, 0.5) is 5.95 Å². The van der Waals surface area contributed by atoms with Crippen molar-refractivity contribution in [3.05, 3.63) is 35.7 Å². The van der Waals surface area contributed by atoms with Crippen LogP contribution < -0.4 is 15.8 Å². The molecule has 9 nitrogen and oxygen atoms in total. The highest BCUT2D eigenvalue weighted by molar-refractivity contribution is 7.89. The number of H-pyrrole nitrogens is 1. The van der Waals surface area contributed by atoms with Gasteiger partial charge in [-0.15, -0.1) is 5.10 Å². The molecule has 2 rings (SSSR count). The maximum absolute atomic E-state index is 12.0. The minimum atomic E-state index is -3.53. The summed E-state index contributed by atoms with van der Waals surface area (Å²) in [5.41, 5.74) is 5.76. The smallest absolute Gasteiger partial charge is 0.251 e. The largest absolute Gasteiger partial charge is 0.367 e. The van der Waals surface area contributed by atoms with Gasteiger partial charge >= 0.3 is 0 Å². The van der Waals surface area contributed by atoms with Crippen LogP contribution in [0.15, 0.2) is 29.2 Å². The highest BCUT2D eigenvalue weighted by Gasteiger charge is 2.14. The van der Waals surface area contributed by atoms with Gasteiger partial charge in [0.2, 0.25) is 16.0 Å². The molecule has 1 amide bonds. The van der Waals surface area contributed by atoms with E-state index >= 15 is 0 Å². The van der Waals surface area contributed by atoms with Gasteiger partial charge in [-0.3, -0.25) is 9.89 Å². The Morgan fingerprint density at radius 3 is 2.54 bits per heavy atom. The predicted octanol–water partition coefficient (Wildman–Crippen LogP) is 0.0477. The Kier molecular flexibility index (Phi) is 5.88. The first-order chi connectivity index (χ1) is 11.4. The van der Waals surface area contributed by atoms with Crippen LogP contribution in [-0.2, 0) is 16.4 Å². The van der Waals surface area contributed by atoms with Gasteiger partial charge in [0.1, 0.15) is 5.82 Å². The average molecular weight is 352 g/mol. The second kappa shape index (κ2) is 7.88. The van der Waals surface area contributed by atoms with E-state index in [0.29, 0.717) is 37.3 Å². The molecule has 10 heteroatoms. The average Bonchev–Trinajstić information content (AvgIpc) is 2.98. The first-order valence-electron chi connectivity index (χ1n) is 7.47. The number of anilines is 1. The lowest BCUT2D eigenvalue weighted by atomic mass is 10.2. The Balaban J connectivity index is 1.91. The topological polar surface area (TPSA) is 143 Å². The quantitative estimate of drug-likeness (QED) is 0.528. The van der Waals surface area contributed by atoms with E-state index in [0.717, 1.165) is 0 Å². The van der Waals surface area contributed by atoms with E-state index in [1.807, 2.05) is 6.92 Å². The number of nitrogens with zero attached hydrogens (tertiary/aromatic N) is 2. The van der Waals surface area contributed by atoms with Crippen molar-refractivity contribution in [1.82, 2.24) is 25.2 Å². The summed E-state index contributed by atoms with van der Waals surface area (Å²) in [7, 11) is -3.53. The zero-order valence-electron chi connectivity index (χ0n) is 13.2. The second-order valence-electron chi connectivity index (χ2n) is 5.07. The molecule has 0 saturated heterocycles. The Labute approximate surface area is 140 Å². The summed E-state index contributed by atoms with van der Waals surface area (Å²) in [6.45, 7) is 2.60. The molecule has 1 aromatic carbocycles. The Bertz CT molecular complexity index is 785. The van der Waals surface area contributed by atoms with Crippen LogP contribution in [0.3, 0.4) is 0 Å². The van der Waals surface area contributed by atoms with E-state index in [2.05, 4.69) is 25.2 Å². The summed E-state index contributed by atoms with van der Waals surface area (Å²) in [5, 5.41) is 9.06. The number of rotatable bonds is 8. The number of nitrogens with two attached hydrogens (primary N) is 1. The molecule has 0 bridgehead atoms. The second-order valence-corrected chi connectivity index (χ2v) is 6.84. The molecule has 0 saturated carbocycles. The summed E-state index contributed by atoms with van der Waals surface area (Å²) < 4.78 is 26.4. The molecule has 24 heavy (non-hydrogen) atoms. The van der Waals surface area contributed by atoms with E-state index in [-0.39, 0.29) is 16.8 Å². The number of benzene rings is 1. The van der Waals surface area contributed by atoms with Crippen molar-refractivity contribution in [3.63, 3.8) is 0 Å². The number of carbonyl (C=O) groups is 1. The highest BCUT2D eigenvalue weighted by atomic mass is 32.2. The number of hydrogen-bond acceptors (Lipinski definition) is 6. The monoisotopic (exact) mass is 352 g/mol. The number of nitrogen functional groups attached to an aromatic ring is 1. The fourth-order valence-electron chi connectivity index (χ4n) is 1.92. The lowest BCUT2D eigenvalue weighted by Crippen LogP contribution is -2.26. The number of amides is 1. The van der Waals surface area contributed by atoms with Gasteiger partial charge in [-0.05, 0) is 30.7 Å². The van der Waals surface area contributed by atoms with Gasteiger partial charge in [-0.2, -0.15) is 4.98 Å². The van der Waals surface area contributed by atoms with E-state index in [1.165, 1.54) is 24.3 Å². The van der Waals surface area contributed by atoms with Crippen molar-refractivity contribution in [1.29, 1.82) is 0 Å². The van der Waals surface area contributed by atoms with Crippen molar-refractivity contribution < 1.29 is 13.2 Å². The van der Waals surface area contributed by atoms with Crippen LogP contribution >= 0.6 is 0 Å². The molecule has 1 heterocycles. The van der Waals surface area contributed by atoms with E-state index in [4.69, 9.17) is 5.73 Å². The van der Waals surface area contributed by atoms with Crippen molar-refractivity contribution in [2.45, 2.75) is 24.7 Å². The molecular weight excluding hydrogens is 332 g/mol. The molecule has 0 aliphatic carbocycles. The summed E-state index contributed by atoms with van der Waals surface area (Å²) in [6.07, 6.45) is 1.17. The molecule has 0 spiro atoms.